The van der Waals surface area contributed by atoms with Crippen molar-refractivity contribution in [3.05, 3.63) is 17.7 Å². The zero-order valence-corrected chi connectivity index (χ0v) is 12.8. The maximum atomic E-state index is 5.76. The van der Waals surface area contributed by atoms with Gasteiger partial charge in [0.05, 0.1) is 20.8 Å². The van der Waals surface area contributed by atoms with Crippen LogP contribution in [0.2, 0.25) is 0 Å². The average molecular weight is 283 g/mol. The van der Waals surface area contributed by atoms with E-state index in [2.05, 4.69) is 12.2 Å². The number of hydrogen-bond acceptors (Lipinski definition) is 5. The van der Waals surface area contributed by atoms with E-state index in [0.717, 1.165) is 25.1 Å². The van der Waals surface area contributed by atoms with Gasteiger partial charge in [-0.2, -0.15) is 0 Å². The van der Waals surface area contributed by atoms with Crippen molar-refractivity contribution in [3.63, 3.8) is 0 Å². The quantitative estimate of drug-likeness (QED) is 0.667. The van der Waals surface area contributed by atoms with Crippen molar-refractivity contribution in [2.75, 3.05) is 41.1 Å². The minimum absolute atomic E-state index is 0.563. The van der Waals surface area contributed by atoms with Crippen LogP contribution in [-0.4, -0.2) is 41.1 Å². The van der Waals surface area contributed by atoms with Gasteiger partial charge >= 0.3 is 0 Å². The molecule has 0 fully saturated rings. The molecule has 0 radical (unpaired) electrons. The predicted molar refractivity (Wildman–Crippen MR) is 78.9 cm³/mol. The van der Waals surface area contributed by atoms with Crippen molar-refractivity contribution in [1.29, 1.82) is 0 Å². The Balaban J connectivity index is 2.84. The summed E-state index contributed by atoms with van der Waals surface area (Å²) in [6.45, 7) is 4.99. The Morgan fingerprint density at radius 2 is 1.65 bits per heavy atom. The minimum Gasteiger partial charge on any atom is -0.493 e. The van der Waals surface area contributed by atoms with E-state index in [4.69, 9.17) is 18.9 Å². The lowest BCUT2D eigenvalue weighted by Crippen LogP contribution is -2.12. The van der Waals surface area contributed by atoms with Crippen molar-refractivity contribution in [2.45, 2.75) is 19.9 Å². The van der Waals surface area contributed by atoms with Crippen molar-refractivity contribution < 1.29 is 18.9 Å². The van der Waals surface area contributed by atoms with Gasteiger partial charge in [0.1, 0.15) is 0 Å². The summed E-state index contributed by atoms with van der Waals surface area (Å²) in [5.74, 6) is 2.02. The molecule has 0 heterocycles. The first-order chi connectivity index (χ1) is 9.76. The third kappa shape index (κ3) is 4.90. The number of methoxy groups -OCH3 is 3. The summed E-state index contributed by atoms with van der Waals surface area (Å²) < 4.78 is 21.6. The largest absolute Gasteiger partial charge is 0.493 e. The third-order valence-corrected chi connectivity index (χ3v) is 2.84. The molecule has 1 aromatic carbocycles. The molecule has 0 aliphatic carbocycles. The Morgan fingerprint density at radius 1 is 1.00 bits per heavy atom. The van der Waals surface area contributed by atoms with Crippen molar-refractivity contribution in [2.24, 2.45) is 0 Å². The highest BCUT2D eigenvalue weighted by molar-refractivity contribution is 5.53. The summed E-state index contributed by atoms with van der Waals surface area (Å²) in [5.41, 5.74) is 1.10. The molecule has 0 aromatic heterocycles. The normalized spacial score (nSPS) is 10.4. The molecule has 5 nitrogen and oxygen atoms in total. The van der Waals surface area contributed by atoms with Crippen LogP contribution in [0.1, 0.15) is 18.9 Å². The van der Waals surface area contributed by atoms with E-state index in [1.807, 2.05) is 12.1 Å². The monoisotopic (exact) mass is 283 g/mol. The average Bonchev–Trinajstić information content (AvgIpc) is 2.49. The second-order valence-electron chi connectivity index (χ2n) is 4.30. The van der Waals surface area contributed by atoms with Gasteiger partial charge in [0.25, 0.3) is 0 Å². The maximum Gasteiger partial charge on any atom is 0.203 e. The lowest BCUT2D eigenvalue weighted by Gasteiger charge is -2.16. The molecular formula is C15H25NO4. The van der Waals surface area contributed by atoms with Gasteiger partial charge in [0.2, 0.25) is 5.75 Å². The van der Waals surface area contributed by atoms with E-state index >= 15 is 0 Å². The van der Waals surface area contributed by atoms with E-state index in [9.17, 15) is 0 Å². The summed E-state index contributed by atoms with van der Waals surface area (Å²) in [6, 6.07) is 3.94. The summed E-state index contributed by atoms with van der Waals surface area (Å²) in [6.07, 6.45) is 0.821. The Kier molecular flexibility index (Phi) is 7.84. The molecule has 114 valence electrons. The fourth-order valence-electron chi connectivity index (χ4n) is 1.83. The second kappa shape index (κ2) is 9.44. The van der Waals surface area contributed by atoms with Crippen LogP contribution in [0.3, 0.4) is 0 Å². The van der Waals surface area contributed by atoms with Crippen LogP contribution in [0.25, 0.3) is 0 Å². The van der Waals surface area contributed by atoms with Gasteiger partial charge in [-0.15, -0.1) is 0 Å². The summed E-state index contributed by atoms with van der Waals surface area (Å²) in [4.78, 5) is 0. The lowest BCUT2D eigenvalue weighted by atomic mass is 10.1. The number of ether oxygens (including phenoxy) is 4. The molecule has 0 saturated carbocycles. The van der Waals surface area contributed by atoms with Gasteiger partial charge in [-0.05, 0) is 24.2 Å². The zero-order valence-electron chi connectivity index (χ0n) is 12.8. The van der Waals surface area contributed by atoms with Gasteiger partial charge in [0.15, 0.2) is 11.5 Å². The standard InChI is InChI=1S/C15H25NO4/c1-5-16-11-12-9-13(18-3)15(14(10-12)19-4)20-8-6-7-17-2/h9-10,16H,5-8,11H2,1-4H3. The zero-order chi connectivity index (χ0) is 14.8. The summed E-state index contributed by atoms with van der Waals surface area (Å²) >= 11 is 0. The maximum absolute atomic E-state index is 5.76. The molecule has 0 aliphatic heterocycles. The van der Waals surface area contributed by atoms with E-state index in [0.29, 0.717) is 30.5 Å². The van der Waals surface area contributed by atoms with Crippen molar-refractivity contribution in [1.82, 2.24) is 5.32 Å². The van der Waals surface area contributed by atoms with Gasteiger partial charge in [-0.25, -0.2) is 0 Å². The Morgan fingerprint density at radius 3 is 2.15 bits per heavy atom. The Hall–Kier alpha value is -1.46. The molecule has 0 unspecified atom stereocenters. The fraction of sp³-hybridized carbons (Fsp3) is 0.600. The molecular weight excluding hydrogens is 258 g/mol. The van der Waals surface area contributed by atoms with Crippen LogP contribution in [0.4, 0.5) is 0 Å². The van der Waals surface area contributed by atoms with Crippen LogP contribution in [0.5, 0.6) is 17.2 Å². The molecule has 0 saturated heterocycles. The van der Waals surface area contributed by atoms with Crippen LogP contribution in [-0.2, 0) is 11.3 Å². The predicted octanol–water partition coefficient (Wildman–Crippen LogP) is 2.23. The van der Waals surface area contributed by atoms with Crippen LogP contribution in [0.15, 0.2) is 12.1 Å². The minimum atomic E-state index is 0.563. The highest BCUT2D eigenvalue weighted by atomic mass is 16.5. The first kappa shape index (κ1) is 16.6. The fourth-order valence-corrected chi connectivity index (χ4v) is 1.83. The molecule has 1 aromatic rings. The molecule has 5 heteroatoms. The van der Waals surface area contributed by atoms with E-state index in [1.165, 1.54) is 0 Å². The van der Waals surface area contributed by atoms with E-state index in [1.54, 1.807) is 21.3 Å². The first-order valence-electron chi connectivity index (χ1n) is 6.84. The molecule has 1 rings (SSSR count). The van der Waals surface area contributed by atoms with Crippen LogP contribution >= 0.6 is 0 Å². The van der Waals surface area contributed by atoms with Crippen molar-refractivity contribution in [3.8, 4) is 17.2 Å². The van der Waals surface area contributed by atoms with Crippen LogP contribution in [0, 0.1) is 0 Å². The van der Waals surface area contributed by atoms with Gasteiger partial charge in [0, 0.05) is 26.7 Å². The van der Waals surface area contributed by atoms with E-state index < -0.39 is 0 Å². The molecule has 0 atom stereocenters. The smallest absolute Gasteiger partial charge is 0.203 e. The molecule has 0 aliphatic rings. The lowest BCUT2D eigenvalue weighted by molar-refractivity contribution is 0.169. The first-order valence-corrected chi connectivity index (χ1v) is 6.84. The molecule has 0 bridgehead atoms. The molecule has 20 heavy (non-hydrogen) atoms. The Labute approximate surface area is 121 Å². The SMILES string of the molecule is CCNCc1cc(OC)c(OCCCOC)c(OC)c1. The highest BCUT2D eigenvalue weighted by Gasteiger charge is 2.14. The van der Waals surface area contributed by atoms with E-state index in [-0.39, 0.29) is 0 Å². The summed E-state index contributed by atoms with van der Waals surface area (Å²) in [7, 11) is 4.94. The second-order valence-corrected chi connectivity index (χ2v) is 4.30. The highest BCUT2D eigenvalue weighted by Crippen LogP contribution is 2.38. The number of benzene rings is 1. The third-order valence-electron chi connectivity index (χ3n) is 2.84. The topological polar surface area (TPSA) is 49.0 Å². The Bertz CT molecular complexity index is 370. The number of rotatable bonds is 10. The van der Waals surface area contributed by atoms with Crippen molar-refractivity contribution >= 4 is 0 Å². The summed E-state index contributed by atoms with van der Waals surface area (Å²) in [5, 5.41) is 3.28. The number of hydrogen-bond donors (Lipinski definition) is 1. The van der Waals surface area contributed by atoms with Crippen LogP contribution < -0.4 is 19.5 Å². The van der Waals surface area contributed by atoms with Gasteiger partial charge in [-0.1, -0.05) is 6.92 Å². The van der Waals surface area contributed by atoms with Gasteiger partial charge < -0.3 is 24.3 Å². The van der Waals surface area contributed by atoms with Gasteiger partial charge in [-0.3, -0.25) is 0 Å². The molecule has 0 amide bonds. The molecule has 0 spiro atoms. The number of nitrogens with one attached hydrogen (secondary N) is 1. The molecule has 1 N–H and O–H groups in total.